The Bertz CT molecular complexity index is 517. The Hall–Kier alpha value is -1.84. The number of benzene rings is 1. The Balaban J connectivity index is 2.15. The minimum atomic E-state index is -0.250. The highest BCUT2D eigenvalue weighted by Gasteiger charge is 2.02. The van der Waals surface area contributed by atoms with Crippen LogP contribution in [0.4, 0.5) is 0 Å². The molecule has 2 aromatic rings. The molecule has 0 aliphatic rings. The van der Waals surface area contributed by atoms with E-state index in [1.165, 1.54) is 12.5 Å². The lowest BCUT2D eigenvalue weighted by Gasteiger charge is -2.04. The van der Waals surface area contributed by atoms with Crippen LogP contribution in [0.2, 0.25) is 0 Å². The number of imidazole rings is 1. The summed E-state index contributed by atoms with van der Waals surface area (Å²) in [5.41, 5.74) is 3.23. The number of esters is 1. The van der Waals surface area contributed by atoms with Crippen molar-refractivity contribution in [3.63, 3.8) is 0 Å². The molecule has 0 N–H and O–H groups in total. The van der Waals surface area contributed by atoms with Gasteiger partial charge in [0.1, 0.15) is 6.61 Å². The number of nitrogens with zero attached hydrogens (tertiary/aromatic N) is 2. The lowest BCUT2D eigenvalue weighted by molar-refractivity contribution is -0.141. The molecule has 84 valence electrons. The summed E-state index contributed by atoms with van der Waals surface area (Å²) in [4.78, 5) is 14.9. The molecule has 0 unspecified atom stereocenters. The van der Waals surface area contributed by atoms with Crippen molar-refractivity contribution < 1.29 is 9.53 Å². The smallest absolute Gasteiger partial charge is 0.302 e. The number of aromatic nitrogens is 2. The average Bonchev–Trinajstić information content (AvgIpc) is 2.60. The molecule has 0 aliphatic heterocycles. The van der Waals surface area contributed by atoms with Gasteiger partial charge < -0.3 is 9.30 Å². The predicted octanol–water partition coefficient (Wildman–Crippen LogP) is 1.91. The summed E-state index contributed by atoms with van der Waals surface area (Å²) in [7, 11) is 0. The van der Waals surface area contributed by atoms with Gasteiger partial charge in [0.2, 0.25) is 0 Å². The summed E-state index contributed by atoms with van der Waals surface area (Å²) in [6, 6.07) is 6.12. The standard InChI is InChI=1S/C12H14N2O2/c1-9-3-4-12-11(7-9)13-8-14(12)5-6-16-10(2)15/h3-4,7-8H,5-6H2,1-2H3. The van der Waals surface area contributed by atoms with E-state index >= 15 is 0 Å². The van der Waals surface area contributed by atoms with Crippen LogP contribution in [-0.4, -0.2) is 22.1 Å². The van der Waals surface area contributed by atoms with Gasteiger partial charge in [-0.1, -0.05) is 6.07 Å². The van der Waals surface area contributed by atoms with E-state index in [9.17, 15) is 4.79 Å². The molecular weight excluding hydrogens is 204 g/mol. The van der Waals surface area contributed by atoms with Crippen LogP contribution in [0.15, 0.2) is 24.5 Å². The van der Waals surface area contributed by atoms with E-state index < -0.39 is 0 Å². The number of rotatable bonds is 3. The minimum Gasteiger partial charge on any atom is -0.464 e. The van der Waals surface area contributed by atoms with Crippen molar-refractivity contribution in [1.82, 2.24) is 9.55 Å². The highest BCUT2D eigenvalue weighted by Crippen LogP contribution is 2.14. The normalized spacial score (nSPS) is 10.6. The fourth-order valence-electron chi connectivity index (χ4n) is 1.64. The summed E-state index contributed by atoms with van der Waals surface area (Å²) in [6.07, 6.45) is 1.77. The van der Waals surface area contributed by atoms with Crippen LogP contribution in [0.25, 0.3) is 11.0 Å². The largest absolute Gasteiger partial charge is 0.464 e. The van der Waals surface area contributed by atoms with Crippen LogP contribution >= 0.6 is 0 Å². The Labute approximate surface area is 93.9 Å². The first-order valence-corrected chi connectivity index (χ1v) is 5.21. The number of ether oxygens (including phenoxy) is 1. The molecule has 16 heavy (non-hydrogen) atoms. The monoisotopic (exact) mass is 218 g/mol. The van der Waals surface area contributed by atoms with E-state index in [0.29, 0.717) is 13.2 Å². The van der Waals surface area contributed by atoms with Crippen LogP contribution in [-0.2, 0) is 16.1 Å². The fourth-order valence-corrected chi connectivity index (χ4v) is 1.64. The maximum atomic E-state index is 10.6. The molecule has 2 rings (SSSR count). The molecule has 0 bridgehead atoms. The second-order valence-electron chi connectivity index (χ2n) is 3.77. The van der Waals surface area contributed by atoms with E-state index in [2.05, 4.69) is 4.98 Å². The molecule has 4 heteroatoms. The number of aryl methyl sites for hydroxylation is 1. The first kappa shape index (κ1) is 10.7. The van der Waals surface area contributed by atoms with Gasteiger partial charge in [0, 0.05) is 6.92 Å². The number of hydrogen-bond acceptors (Lipinski definition) is 3. The highest BCUT2D eigenvalue weighted by atomic mass is 16.5. The quantitative estimate of drug-likeness (QED) is 0.739. The Kier molecular flexibility index (Phi) is 2.90. The first-order chi connectivity index (χ1) is 7.66. The SMILES string of the molecule is CC(=O)OCCn1cnc2cc(C)ccc21. The van der Waals surface area contributed by atoms with Crippen LogP contribution in [0.5, 0.6) is 0 Å². The molecule has 0 spiro atoms. The second kappa shape index (κ2) is 4.35. The molecule has 0 saturated carbocycles. The second-order valence-corrected chi connectivity index (χ2v) is 3.77. The van der Waals surface area contributed by atoms with Crippen LogP contribution in [0.1, 0.15) is 12.5 Å². The summed E-state index contributed by atoms with van der Waals surface area (Å²) >= 11 is 0. The molecule has 0 fully saturated rings. The Morgan fingerprint density at radius 2 is 2.31 bits per heavy atom. The maximum absolute atomic E-state index is 10.6. The van der Waals surface area contributed by atoms with Gasteiger partial charge in [-0.3, -0.25) is 4.79 Å². The summed E-state index contributed by atoms with van der Waals surface area (Å²) < 4.78 is 6.88. The predicted molar refractivity (Wildman–Crippen MR) is 61.1 cm³/mol. The van der Waals surface area contributed by atoms with Gasteiger partial charge in [-0.15, -0.1) is 0 Å². The van der Waals surface area contributed by atoms with E-state index in [1.807, 2.05) is 29.7 Å². The number of hydrogen-bond donors (Lipinski definition) is 0. The lowest BCUT2D eigenvalue weighted by atomic mass is 10.2. The molecule has 4 nitrogen and oxygen atoms in total. The van der Waals surface area contributed by atoms with E-state index in [4.69, 9.17) is 4.74 Å². The summed E-state index contributed by atoms with van der Waals surface area (Å²) in [6.45, 7) is 4.47. The zero-order chi connectivity index (χ0) is 11.5. The van der Waals surface area contributed by atoms with Crippen molar-refractivity contribution in [2.75, 3.05) is 6.61 Å². The van der Waals surface area contributed by atoms with Crippen molar-refractivity contribution in [3.05, 3.63) is 30.1 Å². The molecule has 0 amide bonds. The van der Waals surface area contributed by atoms with Crippen LogP contribution in [0, 0.1) is 6.92 Å². The molecule has 1 aromatic carbocycles. The topological polar surface area (TPSA) is 44.1 Å². The molecule has 1 aromatic heterocycles. The molecule has 0 saturated heterocycles. The third kappa shape index (κ3) is 2.21. The average molecular weight is 218 g/mol. The zero-order valence-electron chi connectivity index (χ0n) is 9.43. The van der Waals surface area contributed by atoms with Gasteiger partial charge in [0.15, 0.2) is 0 Å². The van der Waals surface area contributed by atoms with Gasteiger partial charge in [-0.05, 0) is 24.6 Å². The van der Waals surface area contributed by atoms with Crippen LogP contribution < -0.4 is 0 Å². The molecule has 0 radical (unpaired) electrons. The first-order valence-electron chi connectivity index (χ1n) is 5.21. The van der Waals surface area contributed by atoms with Crippen LogP contribution in [0.3, 0.4) is 0 Å². The molecular formula is C12H14N2O2. The summed E-state index contributed by atoms with van der Waals surface area (Å²) in [5, 5.41) is 0. The summed E-state index contributed by atoms with van der Waals surface area (Å²) in [5.74, 6) is -0.250. The number of carbonyl (C=O) groups excluding carboxylic acids is 1. The van der Waals surface area contributed by atoms with E-state index in [1.54, 1.807) is 6.33 Å². The van der Waals surface area contributed by atoms with Crippen molar-refractivity contribution in [2.24, 2.45) is 0 Å². The lowest BCUT2D eigenvalue weighted by Crippen LogP contribution is -2.07. The van der Waals surface area contributed by atoms with Gasteiger partial charge in [-0.25, -0.2) is 4.98 Å². The Morgan fingerprint density at radius 1 is 1.50 bits per heavy atom. The molecule has 0 aliphatic carbocycles. The molecule has 0 atom stereocenters. The van der Waals surface area contributed by atoms with Gasteiger partial charge in [0.05, 0.1) is 23.9 Å². The van der Waals surface area contributed by atoms with E-state index in [-0.39, 0.29) is 5.97 Å². The van der Waals surface area contributed by atoms with Gasteiger partial charge >= 0.3 is 5.97 Å². The van der Waals surface area contributed by atoms with Gasteiger partial charge in [0.25, 0.3) is 0 Å². The van der Waals surface area contributed by atoms with Crippen molar-refractivity contribution in [2.45, 2.75) is 20.4 Å². The maximum Gasteiger partial charge on any atom is 0.302 e. The fraction of sp³-hybridized carbons (Fsp3) is 0.333. The minimum absolute atomic E-state index is 0.250. The zero-order valence-corrected chi connectivity index (χ0v) is 9.43. The number of carbonyl (C=O) groups is 1. The Morgan fingerprint density at radius 3 is 3.06 bits per heavy atom. The van der Waals surface area contributed by atoms with Crippen molar-refractivity contribution in [1.29, 1.82) is 0 Å². The van der Waals surface area contributed by atoms with Gasteiger partial charge in [-0.2, -0.15) is 0 Å². The van der Waals surface area contributed by atoms with E-state index in [0.717, 1.165) is 11.0 Å². The van der Waals surface area contributed by atoms with Crippen molar-refractivity contribution in [3.8, 4) is 0 Å². The third-order valence-corrected chi connectivity index (χ3v) is 2.41. The highest BCUT2D eigenvalue weighted by molar-refractivity contribution is 5.76. The van der Waals surface area contributed by atoms with Crippen molar-refractivity contribution >= 4 is 17.0 Å². The molecule has 1 heterocycles. The number of fused-ring (bicyclic) bond motifs is 1. The third-order valence-electron chi connectivity index (χ3n) is 2.41.